The summed E-state index contributed by atoms with van der Waals surface area (Å²) < 4.78 is 28.5. The van der Waals surface area contributed by atoms with E-state index in [9.17, 15) is 13.6 Å². The Kier molecular flexibility index (Phi) is 5.10. The summed E-state index contributed by atoms with van der Waals surface area (Å²) in [5.41, 5.74) is 5.94. The molecule has 1 saturated carbocycles. The van der Waals surface area contributed by atoms with Gasteiger partial charge in [-0.3, -0.25) is 4.79 Å². The van der Waals surface area contributed by atoms with Gasteiger partial charge in [0.25, 0.3) is 6.43 Å². The molecular weight excluding hydrogens is 254 g/mol. The Hall–Kier alpha value is -0.750. The largest absolute Gasteiger partial charge is 0.375 e. The van der Waals surface area contributed by atoms with Crippen LogP contribution in [0.15, 0.2) is 0 Å². The van der Waals surface area contributed by atoms with Crippen LogP contribution in [0.2, 0.25) is 0 Å². The third-order valence-electron chi connectivity index (χ3n) is 4.15. The first-order valence-electron chi connectivity index (χ1n) is 6.95. The zero-order chi connectivity index (χ0) is 13.8. The van der Waals surface area contributed by atoms with Crippen LogP contribution in [0.1, 0.15) is 25.7 Å². The van der Waals surface area contributed by atoms with Crippen molar-refractivity contribution in [3.8, 4) is 0 Å². The van der Waals surface area contributed by atoms with Crippen molar-refractivity contribution in [1.82, 2.24) is 4.90 Å². The fraction of sp³-hybridized carbons (Fsp3) is 0.923. The number of likely N-dealkylation sites (tertiary alicyclic amines) is 1. The van der Waals surface area contributed by atoms with E-state index in [2.05, 4.69) is 0 Å². The van der Waals surface area contributed by atoms with Gasteiger partial charge in [0.2, 0.25) is 5.91 Å². The van der Waals surface area contributed by atoms with E-state index in [0.717, 1.165) is 32.4 Å². The van der Waals surface area contributed by atoms with Gasteiger partial charge in [-0.15, -0.1) is 0 Å². The maximum Gasteiger partial charge on any atom is 0.261 e. The van der Waals surface area contributed by atoms with Gasteiger partial charge in [-0.1, -0.05) is 0 Å². The molecule has 6 heteroatoms. The third kappa shape index (κ3) is 4.11. The maximum atomic E-state index is 11.9. The van der Waals surface area contributed by atoms with E-state index in [1.807, 2.05) is 4.90 Å². The van der Waals surface area contributed by atoms with Crippen LogP contribution in [0.4, 0.5) is 8.78 Å². The number of hydrogen-bond acceptors (Lipinski definition) is 3. The number of hydrogen-bond donors (Lipinski definition) is 1. The van der Waals surface area contributed by atoms with Gasteiger partial charge in [-0.25, -0.2) is 8.78 Å². The van der Waals surface area contributed by atoms with Gasteiger partial charge in [-0.05, 0) is 31.1 Å². The van der Waals surface area contributed by atoms with Crippen molar-refractivity contribution in [2.24, 2.45) is 17.6 Å². The van der Waals surface area contributed by atoms with Gasteiger partial charge >= 0.3 is 0 Å². The van der Waals surface area contributed by atoms with Crippen LogP contribution < -0.4 is 5.73 Å². The SMILES string of the molecule is NC1CC[C@@H]2CN(C(=O)CCOCC(F)F)C[C@@H]2C1. The first-order valence-corrected chi connectivity index (χ1v) is 6.95. The second-order valence-corrected chi connectivity index (χ2v) is 5.61. The number of carbonyl (C=O) groups excluding carboxylic acids is 1. The van der Waals surface area contributed by atoms with E-state index in [1.54, 1.807) is 0 Å². The summed E-state index contributed by atoms with van der Waals surface area (Å²) in [6.45, 7) is 1.05. The second-order valence-electron chi connectivity index (χ2n) is 5.61. The Morgan fingerprint density at radius 2 is 2.05 bits per heavy atom. The Morgan fingerprint density at radius 3 is 2.79 bits per heavy atom. The fourth-order valence-electron chi connectivity index (χ4n) is 3.16. The lowest BCUT2D eigenvalue weighted by atomic mass is 9.79. The van der Waals surface area contributed by atoms with Gasteiger partial charge in [0.05, 0.1) is 13.0 Å². The minimum absolute atomic E-state index is 0.0113. The number of amides is 1. The molecule has 0 spiro atoms. The number of nitrogens with zero attached hydrogens (tertiary/aromatic N) is 1. The highest BCUT2D eigenvalue weighted by Crippen LogP contribution is 2.35. The molecular formula is C13H22F2N2O2. The molecule has 2 fully saturated rings. The molecule has 2 rings (SSSR count). The van der Waals surface area contributed by atoms with Crippen molar-refractivity contribution in [2.45, 2.75) is 38.2 Å². The highest BCUT2D eigenvalue weighted by atomic mass is 19.3. The second kappa shape index (κ2) is 6.61. The summed E-state index contributed by atoms with van der Waals surface area (Å²) in [6, 6.07) is 0.269. The van der Waals surface area contributed by atoms with Gasteiger partial charge in [0.1, 0.15) is 6.61 Å². The number of alkyl halides is 2. The molecule has 1 heterocycles. The van der Waals surface area contributed by atoms with E-state index in [-0.39, 0.29) is 25.0 Å². The van der Waals surface area contributed by atoms with Gasteiger partial charge in [0.15, 0.2) is 0 Å². The Balaban J connectivity index is 1.69. The highest BCUT2D eigenvalue weighted by Gasteiger charge is 2.38. The number of nitrogens with two attached hydrogens (primary N) is 1. The van der Waals surface area contributed by atoms with Crippen molar-refractivity contribution >= 4 is 5.91 Å². The van der Waals surface area contributed by atoms with Crippen molar-refractivity contribution < 1.29 is 18.3 Å². The molecule has 1 saturated heterocycles. The van der Waals surface area contributed by atoms with Crippen LogP contribution in [0.3, 0.4) is 0 Å². The summed E-state index contributed by atoms with van der Waals surface area (Å²) in [7, 11) is 0. The zero-order valence-corrected chi connectivity index (χ0v) is 11.1. The van der Waals surface area contributed by atoms with E-state index < -0.39 is 13.0 Å². The average molecular weight is 276 g/mol. The van der Waals surface area contributed by atoms with Crippen LogP contribution in [0.5, 0.6) is 0 Å². The molecule has 0 aromatic carbocycles. The predicted octanol–water partition coefficient (Wildman–Crippen LogP) is 1.24. The number of fused-ring (bicyclic) bond motifs is 1. The molecule has 4 nitrogen and oxygen atoms in total. The fourth-order valence-corrected chi connectivity index (χ4v) is 3.16. The van der Waals surface area contributed by atoms with Crippen LogP contribution in [0.25, 0.3) is 0 Å². The standard InChI is InChI=1S/C13H22F2N2O2/c14-12(15)8-19-4-3-13(18)17-6-9-1-2-11(16)5-10(9)7-17/h9-12H,1-8,16H2/t9-,10+,11?/m1/s1. The monoisotopic (exact) mass is 276 g/mol. The summed E-state index contributed by atoms with van der Waals surface area (Å²) in [5.74, 6) is 1.11. The van der Waals surface area contributed by atoms with E-state index >= 15 is 0 Å². The van der Waals surface area contributed by atoms with Gasteiger partial charge < -0.3 is 15.4 Å². The minimum Gasteiger partial charge on any atom is -0.375 e. The number of carbonyl (C=O) groups is 1. The topological polar surface area (TPSA) is 55.6 Å². The molecule has 1 aliphatic carbocycles. The zero-order valence-electron chi connectivity index (χ0n) is 11.1. The maximum absolute atomic E-state index is 11.9. The van der Waals surface area contributed by atoms with Gasteiger partial charge in [-0.2, -0.15) is 0 Å². The molecule has 3 atom stereocenters. The highest BCUT2D eigenvalue weighted by molar-refractivity contribution is 5.76. The molecule has 2 aliphatic rings. The number of ether oxygens (including phenoxy) is 1. The Bertz CT molecular complexity index is 315. The summed E-state index contributed by atoms with van der Waals surface area (Å²) in [5, 5.41) is 0. The first kappa shape index (κ1) is 14.7. The lowest BCUT2D eigenvalue weighted by Crippen LogP contribution is -2.32. The molecule has 1 aliphatic heterocycles. The minimum atomic E-state index is -2.47. The van der Waals surface area contributed by atoms with Crippen molar-refractivity contribution in [1.29, 1.82) is 0 Å². The van der Waals surface area contributed by atoms with Crippen molar-refractivity contribution in [2.75, 3.05) is 26.3 Å². The molecule has 1 unspecified atom stereocenters. The third-order valence-corrected chi connectivity index (χ3v) is 4.15. The Morgan fingerprint density at radius 1 is 1.32 bits per heavy atom. The van der Waals surface area contributed by atoms with Crippen LogP contribution >= 0.6 is 0 Å². The van der Waals surface area contributed by atoms with Crippen LogP contribution in [-0.2, 0) is 9.53 Å². The molecule has 0 bridgehead atoms. The lowest BCUT2D eigenvalue weighted by Gasteiger charge is -2.27. The summed E-state index contributed by atoms with van der Waals surface area (Å²) >= 11 is 0. The van der Waals surface area contributed by atoms with Gasteiger partial charge in [0, 0.05) is 19.1 Å². The van der Waals surface area contributed by atoms with E-state index in [1.165, 1.54) is 0 Å². The summed E-state index contributed by atoms with van der Waals surface area (Å²) in [6.07, 6.45) is 0.860. The molecule has 0 aromatic rings. The molecule has 1 amide bonds. The van der Waals surface area contributed by atoms with Crippen LogP contribution in [-0.4, -0.2) is 49.6 Å². The smallest absolute Gasteiger partial charge is 0.261 e. The normalized spacial score (nSPS) is 30.7. The Labute approximate surface area is 112 Å². The molecule has 110 valence electrons. The average Bonchev–Trinajstić information content (AvgIpc) is 2.77. The quantitative estimate of drug-likeness (QED) is 0.769. The number of rotatable bonds is 5. The summed E-state index contributed by atoms with van der Waals surface area (Å²) in [4.78, 5) is 13.8. The lowest BCUT2D eigenvalue weighted by molar-refractivity contribution is -0.131. The molecule has 0 radical (unpaired) electrons. The molecule has 0 aromatic heterocycles. The van der Waals surface area contributed by atoms with E-state index in [4.69, 9.17) is 10.5 Å². The van der Waals surface area contributed by atoms with Crippen LogP contribution in [0, 0.1) is 11.8 Å². The van der Waals surface area contributed by atoms with Crippen molar-refractivity contribution in [3.05, 3.63) is 0 Å². The van der Waals surface area contributed by atoms with E-state index in [0.29, 0.717) is 11.8 Å². The number of halogens is 2. The predicted molar refractivity (Wildman–Crippen MR) is 66.8 cm³/mol. The molecule has 19 heavy (non-hydrogen) atoms. The first-order chi connectivity index (χ1) is 9.06. The van der Waals surface area contributed by atoms with Crippen molar-refractivity contribution in [3.63, 3.8) is 0 Å². The molecule has 2 N–H and O–H groups in total.